The van der Waals surface area contributed by atoms with E-state index in [4.69, 9.17) is 46.4 Å². The summed E-state index contributed by atoms with van der Waals surface area (Å²) < 4.78 is 0. The van der Waals surface area contributed by atoms with Crippen LogP contribution in [0.1, 0.15) is 5.56 Å². The Morgan fingerprint density at radius 1 is 0.909 bits per heavy atom. The molecule has 0 aromatic heterocycles. The lowest BCUT2D eigenvalue weighted by Gasteiger charge is -2.03. The second-order valence-electron chi connectivity index (χ2n) is 1.96. The second-order valence-corrected chi connectivity index (χ2v) is 3.50. The highest BCUT2D eigenvalue weighted by atomic mass is 35.5. The second kappa shape index (κ2) is 3.40. The number of benzene rings is 1. The van der Waals surface area contributed by atoms with Gasteiger partial charge in [-0.1, -0.05) is 46.4 Å². The van der Waals surface area contributed by atoms with Crippen molar-refractivity contribution in [2.24, 2.45) is 0 Å². The summed E-state index contributed by atoms with van der Waals surface area (Å²) in [5.74, 6) is 0. The predicted molar refractivity (Wildman–Crippen MR) is 50.9 cm³/mol. The molecule has 0 fully saturated rings. The van der Waals surface area contributed by atoms with Crippen molar-refractivity contribution < 1.29 is 0 Å². The molecule has 0 aliphatic rings. The van der Waals surface area contributed by atoms with Gasteiger partial charge in [0.25, 0.3) is 0 Å². The van der Waals surface area contributed by atoms with Crippen molar-refractivity contribution in [2.75, 3.05) is 0 Å². The predicted octanol–water partition coefficient (Wildman–Crippen LogP) is 4.48. The van der Waals surface area contributed by atoms with E-state index in [1.54, 1.807) is 6.07 Å². The van der Waals surface area contributed by atoms with E-state index in [1.807, 2.05) is 0 Å². The largest absolute Gasteiger partial charge is 0.0826 e. The third-order valence-electron chi connectivity index (χ3n) is 1.18. The molecule has 0 unspecified atom stereocenters. The van der Waals surface area contributed by atoms with Crippen molar-refractivity contribution in [1.29, 1.82) is 0 Å². The standard InChI is InChI=1S/C7H3Cl4/c1-3-2-4(8)6(10)7(11)5(3)9/h2H,1H2. The van der Waals surface area contributed by atoms with Crippen molar-refractivity contribution >= 4 is 46.4 Å². The summed E-state index contributed by atoms with van der Waals surface area (Å²) in [5, 5.41) is 1.24. The van der Waals surface area contributed by atoms with Crippen LogP contribution in [-0.2, 0) is 0 Å². The van der Waals surface area contributed by atoms with Gasteiger partial charge in [-0.25, -0.2) is 0 Å². The molecule has 11 heavy (non-hydrogen) atoms. The van der Waals surface area contributed by atoms with Crippen LogP contribution in [0, 0.1) is 6.92 Å². The van der Waals surface area contributed by atoms with Gasteiger partial charge in [0.05, 0.1) is 20.1 Å². The van der Waals surface area contributed by atoms with E-state index in [0.29, 0.717) is 15.6 Å². The van der Waals surface area contributed by atoms with Gasteiger partial charge in [-0.3, -0.25) is 0 Å². The van der Waals surface area contributed by atoms with Crippen molar-refractivity contribution in [3.63, 3.8) is 0 Å². The van der Waals surface area contributed by atoms with Crippen LogP contribution >= 0.6 is 46.4 Å². The number of hydrogen-bond acceptors (Lipinski definition) is 0. The van der Waals surface area contributed by atoms with Crippen LogP contribution in [0.15, 0.2) is 6.07 Å². The molecule has 1 aromatic rings. The fraction of sp³-hybridized carbons (Fsp3) is 0. The SMILES string of the molecule is [CH2]c1cc(Cl)c(Cl)c(Cl)c1Cl. The van der Waals surface area contributed by atoms with Gasteiger partial charge in [0.15, 0.2) is 0 Å². The van der Waals surface area contributed by atoms with E-state index in [2.05, 4.69) is 6.92 Å². The molecule has 0 amide bonds. The maximum Gasteiger partial charge on any atom is 0.0796 e. The van der Waals surface area contributed by atoms with Gasteiger partial charge < -0.3 is 0 Å². The molecule has 0 N–H and O–H groups in total. The highest BCUT2D eigenvalue weighted by molar-refractivity contribution is 6.52. The molecule has 0 heterocycles. The normalized spacial score (nSPS) is 10.3. The quantitative estimate of drug-likeness (QED) is 0.454. The van der Waals surface area contributed by atoms with E-state index in [0.717, 1.165) is 0 Å². The lowest BCUT2D eigenvalue weighted by atomic mass is 10.2. The first-order valence-electron chi connectivity index (χ1n) is 2.69. The first kappa shape index (κ1) is 9.47. The molecule has 59 valence electrons. The van der Waals surface area contributed by atoms with Gasteiger partial charge in [0.1, 0.15) is 0 Å². The van der Waals surface area contributed by atoms with E-state index in [-0.39, 0.29) is 10.0 Å². The van der Waals surface area contributed by atoms with E-state index in [1.165, 1.54) is 0 Å². The topological polar surface area (TPSA) is 0 Å². The Balaban J connectivity index is 3.46. The minimum absolute atomic E-state index is 0.255. The summed E-state index contributed by atoms with van der Waals surface area (Å²) in [6.45, 7) is 3.62. The minimum Gasteiger partial charge on any atom is -0.0826 e. The molecule has 1 radical (unpaired) electrons. The Morgan fingerprint density at radius 3 is 2.00 bits per heavy atom. The van der Waals surface area contributed by atoms with Crippen molar-refractivity contribution in [3.8, 4) is 0 Å². The number of halogens is 4. The van der Waals surface area contributed by atoms with Crippen molar-refractivity contribution in [2.45, 2.75) is 0 Å². The number of hydrogen-bond donors (Lipinski definition) is 0. The minimum atomic E-state index is 0.255. The highest BCUT2D eigenvalue weighted by Crippen LogP contribution is 2.37. The molecular weight excluding hydrogens is 226 g/mol. The van der Waals surface area contributed by atoms with Crippen LogP contribution in [0.3, 0.4) is 0 Å². The zero-order valence-electron chi connectivity index (χ0n) is 5.30. The fourth-order valence-corrected chi connectivity index (χ4v) is 1.47. The van der Waals surface area contributed by atoms with E-state index < -0.39 is 0 Å². The van der Waals surface area contributed by atoms with Crippen LogP contribution in [0.4, 0.5) is 0 Å². The summed E-state index contributed by atoms with van der Waals surface area (Å²) in [6, 6.07) is 1.57. The first-order chi connectivity index (χ1) is 5.04. The molecule has 0 aliphatic heterocycles. The lowest BCUT2D eigenvalue weighted by Crippen LogP contribution is -1.79. The zero-order chi connectivity index (χ0) is 8.59. The summed E-state index contributed by atoms with van der Waals surface area (Å²) in [4.78, 5) is 0. The molecule has 0 spiro atoms. The van der Waals surface area contributed by atoms with Crippen LogP contribution in [0.2, 0.25) is 20.1 Å². The average molecular weight is 229 g/mol. The summed E-state index contributed by atoms with van der Waals surface area (Å²) in [7, 11) is 0. The van der Waals surface area contributed by atoms with Gasteiger partial charge in [-0.15, -0.1) is 0 Å². The van der Waals surface area contributed by atoms with Crippen LogP contribution in [0.5, 0.6) is 0 Å². The van der Waals surface area contributed by atoms with Gasteiger partial charge >= 0.3 is 0 Å². The van der Waals surface area contributed by atoms with E-state index >= 15 is 0 Å². The van der Waals surface area contributed by atoms with Crippen LogP contribution < -0.4 is 0 Å². The van der Waals surface area contributed by atoms with Gasteiger partial charge in [-0.2, -0.15) is 0 Å². The highest BCUT2D eigenvalue weighted by Gasteiger charge is 2.09. The lowest BCUT2D eigenvalue weighted by molar-refractivity contribution is 1.61. The Hall–Kier alpha value is 0.380. The molecule has 4 heteroatoms. The molecule has 0 atom stereocenters. The van der Waals surface area contributed by atoms with Crippen molar-refractivity contribution in [1.82, 2.24) is 0 Å². The van der Waals surface area contributed by atoms with E-state index in [9.17, 15) is 0 Å². The Labute approximate surface area is 85.0 Å². The molecule has 1 aromatic carbocycles. The van der Waals surface area contributed by atoms with Crippen molar-refractivity contribution in [3.05, 3.63) is 38.6 Å². The van der Waals surface area contributed by atoms with Crippen LogP contribution in [0.25, 0.3) is 0 Å². The molecule has 0 nitrogen and oxygen atoms in total. The molecule has 1 rings (SSSR count). The maximum atomic E-state index is 5.72. The fourth-order valence-electron chi connectivity index (χ4n) is 0.622. The smallest absolute Gasteiger partial charge is 0.0796 e. The molecule has 0 bridgehead atoms. The molecular formula is C7H3Cl4. The summed E-state index contributed by atoms with van der Waals surface area (Å²) >= 11 is 22.8. The third-order valence-corrected chi connectivity index (χ3v) is 2.97. The first-order valence-corrected chi connectivity index (χ1v) is 4.20. The van der Waals surface area contributed by atoms with Crippen LogP contribution in [-0.4, -0.2) is 0 Å². The number of rotatable bonds is 0. The third kappa shape index (κ3) is 1.75. The molecule has 0 saturated heterocycles. The monoisotopic (exact) mass is 227 g/mol. The maximum absolute atomic E-state index is 5.72. The molecule has 0 aliphatic carbocycles. The Bertz CT molecular complexity index is 267. The average Bonchev–Trinajstić information content (AvgIpc) is 1.97. The van der Waals surface area contributed by atoms with Gasteiger partial charge in [0, 0.05) is 0 Å². The van der Waals surface area contributed by atoms with Gasteiger partial charge in [0.2, 0.25) is 0 Å². The van der Waals surface area contributed by atoms with Gasteiger partial charge in [-0.05, 0) is 18.6 Å². The summed E-state index contributed by atoms with van der Waals surface area (Å²) in [6.07, 6.45) is 0. The molecule has 0 saturated carbocycles. The summed E-state index contributed by atoms with van der Waals surface area (Å²) in [5.41, 5.74) is 0.575. The Kier molecular flexibility index (Phi) is 2.93. The zero-order valence-corrected chi connectivity index (χ0v) is 8.32. The Morgan fingerprint density at radius 2 is 1.45 bits per heavy atom.